The molecule has 0 radical (unpaired) electrons. The van der Waals surface area contributed by atoms with Crippen LogP contribution in [0.1, 0.15) is 37.7 Å². The molecule has 1 fully saturated rings. The molecule has 5 nitrogen and oxygen atoms in total. The maximum absolute atomic E-state index is 12.6. The highest BCUT2D eigenvalue weighted by atomic mass is 16.5. The van der Waals surface area contributed by atoms with Crippen LogP contribution in [0.25, 0.3) is 0 Å². The summed E-state index contributed by atoms with van der Waals surface area (Å²) in [6, 6.07) is 5.10. The molecule has 1 aromatic carbocycles. The summed E-state index contributed by atoms with van der Waals surface area (Å²) in [5, 5.41) is 9.60. The fourth-order valence-corrected chi connectivity index (χ4v) is 2.94. The topological polar surface area (TPSA) is 75.8 Å². The first-order valence-corrected chi connectivity index (χ1v) is 7.36. The summed E-state index contributed by atoms with van der Waals surface area (Å²) >= 11 is 0. The molecule has 0 bridgehead atoms. The molecule has 0 atom stereocenters. The second-order valence-corrected chi connectivity index (χ2v) is 5.88. The number of amides is 1. The highest BCUT2D eigenvalue weighted by Gasteiger charge is 2.37. The Balaban J connectivity index is 2.06. The lowest BCUT2D eigenvalue weighted by Gasteiger charge is -2.35. The maximum Gasteiger partial charge on any atom is 0.242 e. The number of hydrogen-bond acceptors (Lipinski definition) is 4. The summed E-state index contributed by atoms with van der Waals surface area (Å²) in [5.41, 5.74) is 6.47. The number of benzene rings is 1. The molecule has 0 saturated heterocycles. The van der Waals surface area contributed by atoms with Crippen molar-refractivity contribution in [1.29, 1.82) is 0 Å². The molecular weight excluding hydrogens is 268 g/mol. The van der Waals surface area contributed by atoms with Crippen LogP contribution in [-0.4, -0.2) is 35.6 Å². The third-order valence-corrected chi connectivity index (χ3v) is 4.18. The van der Waals surface area contributed by atoms with Gasteiger partial charge in [-0.25, -0.2) is 0 Å². The van der Waals surface area contributed by atoms with Gasteiger partial charge in [-0.15, -0.1) is 0 Å². The third kappa shape index (κ3) is 3.47. The number of rotatable bonds is 4. The summed E-state index contributed by atoms with van der Waals surface area (Å²) < 4.78 is 5.09. The zero-order valence-electron chi connectivity index (χ0n) is 12.8. The normalized spacial score (nSPS) is 17.3. The Bertz CT molecular complexity index is 510. The van der Waals surface area contributed by atoms with Crippen LogP contribution in [0.2, 0.25) is 0 Å². The Morgan fingerprint density at radius 2 is 2.05 bits per heavy atom. The Kier molecular flexibility index (Phi) is 4.73. The van der Waals surface area contributed by atoms with E-state index in [4.69, 9.17) is 10.5 Å². The van der Waals surface area contributed by atoms with Crippen molar-refractivity contribution < 1.29 is 14.6 Å². The summed E-state index contributed by atoms with van der Waals surface area (Å²) in [7, 11) is 3.27. The molecule has 1 saturated carbocycles. The van der Waals surface area contributed by atoms with Crippen molar-refractivity contribution in [2.24, 2.45) is 5.73 Å². The Hall–Kier alpha value is -1.75. The smallest absolute Gasteiger partial charge is 0.242 e. The van der Waals surface area contributed by atoms with Gasteiger partial charge in [-0.1, -0.05) is 25.3 Å². The van der Waals surface area contributed by atoms with Crippen molar-refractivity contribution in [2.45, 2.75) is 44.2 Å². The van der Waals surface area contributed by atoms with Crippen LogP contribution in [0.5, 0.6) is 11.5 Å². The van der Waals surface area contributed by atoms with Crippen LogP contribution in [0.3, 0.4) is 0 Å². The molecule has 0 aliphatic heterocycles. The van der Waals surface area contributed by atoms with E-state index in [1.165, 1.54) is 7.11 Å². The number of carbonyl (C=O) groups is 1. The highest BCUT2D eigenvalue weighted by Crippen LogP contribution is 2.29. The van der Waals surface area contributed by atoms with Gasteiger partial charge in [0.25, 0.3) is 0 Å². The molecule has 5 heteroatoms. The van der Waals surface area contributed by atoms with Crippen molar-refractivity contribution >= 4 is 5.91 Å². The standard InChI is InChI=1S/C16H24N2O3/c1-18(15(20)16(17)8-4-3-5-9-16)11-12-6-7-13(19)14(10-12)21-2/h6-7,10,19H,3-5,8-9,11,17H2,1-2H3. The van der Waals surface area contributed by atoms with Crippen LogP contribution >= 0.6 is 0 Å². The Morgan fingerprint density at radius 3 is 2.67 bits per heavy atom. The third-order valence-electron chi connectivity index (χ3n) is 4.18. The first-order chi connectivity index (χ1) is 9.96. The maximum atomic E-state index is 12.6. The van der Waals surface area contributed by atoms with Gasteiger partial charge < -0.3 is 20.5 Å². The van der Waals surface area contributed by atoms with Gasteiger partial charge in [0.1, 0.15) is 0 Å². The fourth-order valence-electron chi connectivity index (χ4n) is 2.94. The number of nitrogens with two attached hydrogens (primary N) is 1. The minimum Gasteiger partial charge on any atom is -0.504 e. The fraction of sp³-hybridized carbons (Fsp3) is 0.562. The van der Waals surface area contributed by atoms with Gasteiger partial charge in [0.15, 0.2) is 11.5 Å². The molecule has 21 heavy (non-hydrogen) atoms. The highest BCUT2D eigenvalue weighted by molar-refractivity contribution is 5.86. The second-order valence-electron chi connectivity index (χ2n) is 5.88. The van der Waals surface area contributed by atoms with E-state index in [1.54, 1.807) is 30.1 Å². The van der Waals surface area contributed by atoms with Crippen LogP contribution < -0.4 is 10.5 Å². The van der Waals surface area contributed by atoms with Crippen molar-refractivity contribution in [3.8, 4) is 11.5 Å². The lowest BCUT2D eigenvalue weighted by atomic mass is 9.81. The average Bonchev–Trinajstić information content (AvgIpc) is 2.49. The number of nitrogens with zero attached hydrogens (tertiary/aromatic N) is 1. The van der Waals surface area contributed by atoms with Gasteiger partial charge in [0.05, 0.1) is 12.6 Å². The lowest BCUT2D eigenvalue weighted by molar-refractivity contribution is -0.137. The quantitative estimate of drug-likeness (QED) is 0.890. The van der Waals surface area contributed by atoms with E-state index in [0.29, 0.717) is 12.3 Å². The molecule has 1 aliphatic rings. The van der Waals surface area contributed by atoms with Crippen LogP contribution in [0, 0.1) is 0 Å². The lowest BCUT2D eigenvalue weighted by Crippen LogP contribution is -2.55. The number of methoxy groups -OCH3 is 1. The molecule has 0 spiro atoms. The number of aromatic hydroxyl groups is 1. The number of hydrogen-bond donors (Lipinski definition) is 2. The molecule has 1 aliphatic carbocycles. The number of carbonyl (C=O) groups excluding carboxylic acids is 1. The molecular formula is C16H24N2O3. The van der Waals surface area contributed by atoms with Gasteiger partial charge in [-0.2, -0.15) is 0 Å². The van der Waals surface area contributed by atoms with Gasteiger partial charge >= 0.3 is 0 Å². The molecule has 0 unspecified atom stereocenters. The number of likely N-dealkylation sites (N-methyl/N-ethyl adjacent to an activating group) is 1. The van der Waals surface area contributed by atoms with Gasteiger partial charge in [0.2, 0.25) is 5.91 Å². The van der Waals surface area contributed by atoms with E-state index < -0.39 is 5.54 Å². The van der Waals surface area contributed by atoms with Crippen LogP contribution in [0.4, 0.5) is 0 Å². The first kappa shape index (κ1) is 15.6. The largest absolute Gasteiger partial charge is 0.504 e. The van der Waals surface area contributed by atoms with Crippen molar-refractivity contribution in [2.75, 3.05) is 14.2 Å². The minimum atomic E-state index is -0.714. The van der Waals surface area contributed by atoms with E-state index >= 15 is 0 Å². The molecule has 2 rings (SSSR count). The Morgan fingerprint density at radius 1 is 1.38 bits per heavy atom. The number of phenols is 1. The molecule has 3 N–H and O–H groups in total. The summed E-state index contributed by atoms with van der Waals surface area (Å²) in [6.45, 7) is 0.453. The predicted octanol–water partition coefficient (Wildman–Crippen LogP) is 2.02. The van der Waals surface area contributed by atoms with Crippen LogP contribution in [0.15, 0.2) is 18.2 Å². The summed E-state index contributed by atoms with van der Waals surface area (Å²) in [6.07, 6.45) is 4.71. The molecule has 0 aromatic heterocycles. The second kappa shape index (κ2) is 6.35. The first-order valence-electron chi connectivity index (χ1n) is 7.36. The van der Waals surface area contributed by atoms with Crippen molar-refractivity contribution in [1.82, 2.24) is 4.90 Å². The van der Waals surface area contributed by atoms with E-state index in [2.05, 4.69) is 0 Å². The van der Waals surface area contributed by atoms with Gasteiger partial charge in [0, 0.05) is 13.6 Å². The SMILES string of the molecule is COc1cc(CN(C)C(=O)C2(N)CCCCC2)ccc1O. The summed E-state index contributed by atoms with van der Waals surface area (Å²) in [5.74, 6) is 0.500. The number of ether oxygens (including phenoxy) is 1. The van der Waals surface area contributed by atoms with E-state index in [0.717, 1.165) is 37.7 Å². The average molecular weight is 292 g/mol. The van der Waals surface area contributed by atoms with E-state index in [-0.39, 0.29) is 11.7 Å². The Labute approximate surface area is 125 Å². The zero-order valence-corrected chi connectivity index (χ0v) is 12.8. The molecule has 1 aromatic rings. The van der Waals surface area contributed by atoms with Gasteiger partial charge in [-0.05, 0) is 30.5 Å². The molecule has 116 valence electrons. The van der Waals surface area contributed by atoms with E-state index in [1.807, 2.05) is 0 Å². The van der Waals surface area contributed by atoms with E-state index in [9.17, 15) is 9.90 Å². The van der Waals surface area contributed by atoms with Gasteiger partial charge in [-0.3, -0.25) is 4.79 Å². The molecule has 0 heterocycles. The minimum absolute atomic E-state index is 0.00533. The summed E-state index contributed by atoms with van der Waals surface area (Å²) in [4.78, 5) is 14.2. The monoisotopic (exact) mass is 292 g/mol. The predicted molar refractivity (Wildman–Crippen MR) is 81.1 cm³/mol. The zero-order chi connectivity index (χ0) is 15.5. The molecule has 1 amide bonds. The van der Waals surface area contributed by atoms with Crippen LogP contribution in [-0.2, 0) is 11.3 Å². The number of phenolic OH excluding ortho intramolecular Hbond substituents is 1. The van der Waals surface area contributed by atoms with Crippen molar-refractivity contribution in [3.63, 3.8) is 0 Å². The van der Waals surface area contributed by atoms with Crippen molar-refractivity contribution in [3.05, 3.63) is 23.8 Å².